The number of aromatic nitrogens is 5. The van der Waals surface area contributed by atoms with Gasteiger partial charge in [-0.1, -0.05) is 19.9 Å². The van der Waals surface area contributed by atoms with E-state index in [0.29, 0.717) is 0 Å². The molecule has 0 aliphatic rings. The van der Waals surface area contributed by atoms with Gasteiger partial charge in [-0.3, -0.25) is 5.10 Å². The molecule has 21 heavy (non-hydrogen) atoms. The van der Waals surface area contributed by atoms with E-state index in [1.54, 1.807) is 0 Å². The number of hydrogen-bond acceptors (Lipinski definition) is 3. The summed E-state index contributed by atoms with van der Waals surface area (Å²) in [6.45, 7) is 12.2. The Morgan fingerprint density at radius 2 is 1.86 bits per heavy atom. The standard InChI is InChI=1S/C14H17N5.C2H6/c1-9-7-15-19-8-11(5-6-12(9)19)14(3,4)13-16-10(2)17-18-13;1-2/h5-8H,1-4H3,(H,16,17,18);1-2H3. The van der Waals surface area contributed by atoms with Crippen molar-refractivity contribution >= 4 is 5.52 Å². The number of nitrogens with zero attached hydrogens (tertiary/aromatic N) is 4. The van der Waals surface area contributed by atoms with Crippen molar-refractivity contribution in [2.75, 3.05) is 0 Å². The Morgan fingerprint density at radius 1 is 1.14 bits per heavy atom. The minimum absolute atomic E-state index is 0.251. The summed E-state index contributed by atoms with van der Waals surface area (Å²) in [4.78, 5) is 4.45. The number of aryl methyl sites for hydroxylation is 2. The highest BCUT2D eigenvalue weighted by atomic mass is 15.2. The molecule has 3 heterocycles. The number of nitrogens with one attached hydrogen (secondary N) is 1. The van der Waals surface area contributed by atoms with Crippen LogP contribution in [0.1, 0.15) is 50.5 Å². The molecule has 0 spiro atoms. The van der Waals surface area contributed by atoms with E-state index in [4.69, 9.17) is 0 Å². The summed E-state index contributed by atoms with van der Waals surface area (Å²) in [6.07, 6.45) is 3.93. The molecule has 112 valence electrons. The van der Waals surface area contributed by atoms with E-state index in [0.717, 1.165) is 22.7 Å². The lowest BCUT2D eigenvalue weighted by molar-refractivity contribution is 0.588. The van der Waals surface area contributed by atoms with E-state index in [9.17, 15) is 0 Å². The molecule has 0 aliphatic heterocycles. The van der Waals surface area contributed by atoms with E-state index in [-0.39, 0.29) is 5.41 Å². The van der Waals surface area contributed by atoms with Crippen LogP contribution in [0.2, 0.25) is 0 Å². The molecular formula is C16H23N5. The minimum atomic E-state index is -0.251. The van der Waals surface area contributed by atoms with Crippen molar-refractivity contribution in [3.8, 4) is 0 Å². The minimum Gasteiger partial charge on any atom is -0.263 e. The van der Waals surface area contributed by atoms with Crippen LogP contribution in [0.3, 0.4) is 0 Å². The second-order valence-corrected chi connectivity index (χ2v) is 5.44. The highest BCUT2D eigenvalue weighted by Gasteiger charge is 2.28. The molecule has 0 bridgehead atoms. The second-order valence-electron chi connectivity index (χ2n) is 5.44. The van der Waals surface area contributed by atoms with Crippen molar-refractivity contribution < 1.29 is 0 Å². The fraction of sp³-hybridized carbons (Fsp3) is 0.438. The lowest BCUT2D eigenvalue weighted by Gasteiger charge is -2.21. The molecule has 0 saturated heterocycles. The SMILES string of the molecule is CC.Cc1nc(C(C)(C)c2ccc3c(C)cnn3c2)n[nH]1. The molecule has 0 atom stereocenters. The Bertz CT molecular complexity index is 736. The largest absolute Gasteiger partial charge is 0.263 e. The van der Waals surface area contributed by atoms with E-state index in [2.05, 4.69) is 53.2 Å². The molecular weight excluding hydrogens is 262 g/mol. The molecule has 5 nitrogen and oxygen atoms in total. The number of hydrogen-bond donors (Lipinski definition) is 1. The molecule has 0 unspecified atom stereocenters. The van der Waals surface area contributed by atoms with E-state index >= 15 is 0 Å². The van der Waals surface area contributed by atoms with Gasteiger partial charge in [0.25, 0.3) is 0 Å². The first-order valence-electron chi connectivity index (χ1n) is 7.32. The van der Waals surface area contributed by atoms with Gasteiger partial charge in [-0.2, -0.15) is 10.2 Å². The average molecular weight is 285 g/mol. The van der Waals surface area contributed by atoms with Gasteiger partial charge in [0.05, 0.1) is 17.1 Å². The van der Waals surface area contributed by atoms with Crippen molar-refractivity contribution in [1.29, 1.82) is 0 Å². The number of pyridine rings is 1. The lowest BCUT2D eigenvalue weighted by atomic mass is 9.85. The normalized spacial score (nSPS) is 11.3. The van der Waals surface area contributed by atoms with Crippen LogP contribution in [0.25, 0.3) is 5.52 Å². The summed E-state index contributed by atoms with van der Waals surface area (Å²) < 4.78 is 1.91. The summed E-state index contributed by atoms with van der Waals surface area (Å²) in [6, 6.07) is 4.22. The van der Waals surface area contributed by atoms with Crippen molar-refractivity contribution in [2.45, 2.75) is 47.0 Å². The van der Waals surface area contributed by atoms with Crippen LogP contribution in [-0.4, -0.2) is 24.8 Å². The van der Waals surface area contributed by atoms with Crippen LogP contribution < -0.4 is 0 Å². The topological polar surface area (TPSA) is 58.9 Å². The molecule has 0 saturated carbocycles. The Labute approximate surface area is 125 Å². The van der Waals surface area contributed by atoms with Crippen LogP contribution in [0, 0.1) is 13.8 Å². The molecule has 0 radical (unpaired) electrons. The first-order valence-corrected chi connectivity index (χ1v) is 7.32. The Hall–Kier alpha value is -2.17. The Balaban J connectivity index is 0.000000774. The van der Waals surface area contributed by atoms with E-state index in [1.807, 2.05) is 37.7 Å². The maximum atomic E-state index is 4.45. The monoisotopic (exact) mass is 285 g/mol. The summed E-state index contributed by atoms with van der Waals surface area (Å²) in [5.41, 5.74) is 3.20. The van der Waals surface area contributed by atoms with Gasteiger partial charge in [0.15, 0.2) is 5.82 Å². The quantitative estimate of drug-likeness (QED) is 0.785. The van der Waals surface area contributed by atoms with Gasteiger partial charge in [-0.05, 0) is 44.9 Å². The molecule has 3 aromatic heterocycles. The predicted octanol–water partition coefficient (Wildman–Crippen LogP) is 3.42. The maximum Gasteiger partial charge on any atom is 0.160 e. The van der Waals surface area contributed by atoms with Gasteiger partial charge in [0.2, 0.25) is 0 Å². The van der Waals surface area contributed by atoms with Crippen LogP contribution in [0.5, 0.6) is 0 Å². The predicted molar refractivity (Wildman–Crippen MR) is 84.5 cm³/mol. The van der Waals surface area contributed by atoms with Crippen LogP contribution in [-0.2, 0) is 5.41 Å². The van der Waals surface area contributed by atoms with Crippen molar-refractivity contribution in [2.24, 2.45) is 0 Å². The Morgan fingerprint density at radius 3 is 2.48 bits per heavy atom. The molecule has 0 fully saturated rings. The number of rotatable bonds is 2. The average Bonchev–Trinajstić information content (AvgIpc) is 3.08. The molecule has 0 aliphatic carbocycles. The van der Waals surface area contributed by atoms with Gasteiger partial charge in [0, 0.05) is 6.20 Å². The third-order valence-electron chi connectivity index (χ3n) is 3.59. The van der Waals surface area contributed by atoms with Gasteiger partial charge >= 0.3 is 0 Å². The van der Waals surface area contributed by atoms with Gasteiger partial charge < -0.3 is 0 Å². The smallest absolute Gasteiger partial charge is 0.160 e. The van der Waals surface area contributed by atoms with Gasteiger partial charge in [-0.25, -0.2) is 9.50 Å². The molecule has 0 aromatic carbocycles. The molecule has 3 rings (SSSR count). The van der Waals surface area contributed by atoms with Gasteiger partial charge in [0.1, 0.15) is 5.82 Å². The molecule has 1 N–H and O–H groups in total. The fourth-order valence-corrected chi connectivity index (χ4v) is 2.23. The third kappa shape index (κ3) is 2.68. The van der Waals surface area contributed by atoms with Gasteiger partial charge in [-0.15, -0.1) is 0 Å². The summed E-state index contributed by atoms with van der Waals surface area (Å²) in [7, 11) is 0. The summed E-state index contributed by atoms with van der Waals surface area (Å²) in [5, 5.41) is 11.5. The zero-order chi connectivity index (χ0) is 15.6. The Kier molecular flexibility index (Phi) is 4.11. The number of H-pyrrole nitrogens is 1. The van der Waals surface area contributed by atoms with Crippen molar-refractivity contribution in [3.63, 3.8) is 0 Å². The van der Waals surface area contributed by atoms with Crippen molar-refractivity contribution in [3.05, 3.63) is 47.3 Å². The lowest BCUT2D eigenvalue weighted by Crippen LogP contribution is -2.21. The highest BCUT2D eigenvalue weighted by Crippen LogP contribution is 2.29. The third-order valence-corrected chi connectivity index (χ3v) is 3.59. The maximum absolute atomic E-state index is 4.45. The van der Waals surface area contributed by atoms with Crippen LogP contribution in [0.15, 0.2) is 24.5 Å². The van der Waals surface area contributed by atoms with E-state index < -0.39 is 0 Å². The van der Waals surface area contributed by atoms with E-state index in [1.165, 1.54) is 5.56 Å². The summed E-state index contributed by atoms with van der Waals surface area (Å²) in [5.74, 6) is 1.63. The highest BCUT2D eigenvalue weighted by molar-refractivity contribution is 5.54. The first kappa shape index (κ1) is 15.2. The number of aromatic amines is 1. The fourth-order valence-electron chi connectivity index (χ4n) is 2.23. The van der Waals surface area contributed by atoms with Crippen LogP contribution in [0.4, 0.5) is 0 Å². The van der Waals surface area contributed by atoms with Crippen molar-refractivity contribution in [1.82, 2.24) is 24.8 Å². The molecule has 3 aromatic rings. The molecule has 5 heteroatoms. The first-order chi connectivity index (χ1) is 9.98. The summed E-state index contributed by atoms with van der Waals surface area (Å²) >= 11 is 0. The second kappa shape index (κ2) is 5.68. The number of fused-ring (bicyclic) bond motifs is 1. The zero-order valence-corrected chi connectivity index (χ0v) is 13.6. The molecule has 0 amide bonds. The van der Waals surface area contributed by atoms with Crippen LogP contribution >= 0.6 is 0 Å². The zero-order valence-electron chi connectivity index (χ0n) is 13.6.